The van der Waals surface area contributed by atoms with E-state index in [1.54, 1.807) is 19.1 Å². The molecule has 1 heterocycles. The largest absolute Gasteiger partial charge is 0.455 e. The van der Waals surface area contributed by atoms with Crippen molar-refractivity contribution < 1.29 is 13.6 Å². The van der Waals surface area contributed by atoms with Gasteiger partial charge >= 0.3 is 5.24 Å². The van der Waals surface area contributed by atoms with Crippen LogP contribution in [0.1, 0.15) is 17.1 Å². The van der Waals surface area contributed by atoms with E-state index in [0.717, 1.165) is 15.6 Å². The van der Waals surface area contributed by atoms with Gasteiger partial charge in [-0.1, -0.05) is 46.3 Å². The maximum atomic E-state index is 13.6. The minimum atomic E-state index is -2.78. The Balaban J connectivity index is 2.31. The lowest BCUT2D eigenvalue weighted by atomic mass is 9.98. The van der Waals surface area contributed by atoms with E-state index in [1.165, 1.54) is 0 Å². The van der Waals surface area contributed by atoms with Gasteiger partial charge in [-0.3, -0.25) is 0 Å². The molecular weight excluding hydrogens is 410 g/mol. The van der Waals surface area contributed by atoms with Crippen molar-refractivity contribution in [3.63, 3.8) is 0 Å². The van der Waals surface area contributed by atoms with E-state index in [-0.39, 0.29) is 10.6 Å². The number of carbonyl (C=O) groups excluding carboxylic acids is 1. The number of halogens is 3. The standard InChI is InChI=1S/C18H13BrF2N2OS/c1-10-23-15(17(20)21)16(25(10)18(22)24)14-5-3-2-4-13(14)11-6-8-12(19)9-7-11/h2-9,17H,1H3,(H-,22,24)/p+1. The number of benzene rings is 2. The SMILES string of the molecule is Cc1nc(C(F)F)c(-c2ccccc2-c2ccc(Br)cc2)[s+]1C(N)=O. The first-order chi connectivity index (χ1) is 11.9. The molecule has 25 heavy (non-hydrogen) atoms. The highest BCUT2D eigenvalue weighted by Crippen LogP contribution is 2.46. The summed E-state index contributed by atoms with van der Waals surface area (Å²) < 4.78 is 28.0. The van der Waals surface area contributed by atoms with Crippen molar-refractivity contribution in [2.75, 3.05) is 0 Å². The summed E-state index contributed by atoms with van der Waals surface area (Å²) in [5, 5.41) is -0.332. The number of amides is 1. The second-order valence-corrected chi connectivity index (χ2v) is 8.25. The van der Waals surface area contributed by atoms with E-state index in [2.05, 4.69) is 20.9 Å². The quantitative estimate of drug-likeness (QED) is 0.515. The summed E-state index contributed by atoms with van der Waals surface area (Å²) >= 11 is 3.38. The normalized spacial score (nSPS) is 11.8. The van der Waals surface area contributed by atoms with E-state index < -0.39 is 22.1 Å². The second-order valence-electron chi connectivity index (χ2n) is 5.32. The van der Waals surface area contributed by atoms with Crippen molar-refractivity contribution in [2.24, 2.45) is 5.73 Å². The highest BCUT2D eigenvalue weighted by molar-refractivity contribution is 9.10. The molecule has 1 aromatic heterocycles. The predicted molar refractivity (Wildman–Crippen MR) is 100.0 cm³/mol. The smallest absolute Gasteiger partial charge is 0.320 e. The van der Waals surface area contributed by atoms with Crippen LogP contribution in [0.4, 0.5) is 13.6 Å². The van der Waals surface area contributed by atoms with Gasteiger partial charge in [-0.05, 0) is 29.3 Å². The Bertz CT molecular complexity index is 939. The maximum Gasteiger partial charge on any atom is 0.455 e. The summed E-state index contributed by atoms with van der Waals surface area (Å²) in [7, 11) is -1.27. The second kappa shape index (κ2) is 7.01. The fourth-order valence-electron chi connectivity index (χ4n) is 2.72. The molecule has 3 rings (SSSR count). The summed E-state index contributed by atoms with van der Waals surface area (Å²) in [5.74, 6) is 0. The maximum absolute atomic E-state index is 13.6. The number of aryl methyl sites for hydroxylation is 1. The van der Waals surface area contributed by atoms with Crippen LogP contribution < -0.4 is 5.73 Å². The lowest BCUT2D eigenvalue weighted by Crippen LogP contribution is -2.04. The van der Waals surface area contributed by atoms with Gasteiger partial charge in [-0.25, -0.2) is 13.6 Å². The highest BCUT2D eigenvalue weighted by atomic mass is 79.9. The number of hydrogen-bond donors (Lipinski definition) is 1. The molecule has 7 heteroatoms. The van der Waals surface area contributed by atoms with Crippen LogP contribution in [0.2, 0.25) is 0 Å². The number of primary amides is 1. The van der Waals surface area contributed by atoms with E-state index in [0.29, 0.717) is 10.6 Å². The van der Waals surface area contributed by atoms with Crippen LogP contribution in [0, 0.1) is 6.92 Å². The van der Waals surface area contributed by atoms with Gasteiger partial charge in [0.15, 0.2) is 5.69 Å². The number of carbonyl (C=O) groups is 1. The van der Waals surface area contributed by atoms with Gasteiger partial charge in [-0.2, -0.15) is 4.98 Å². The first kappa shape index (κ1) is 17.7. The Labute approximate surface area is 154 Å². The summed E-state index contributed by atoms with van der Waals surface area (Å²) in [5.41, 5.74) is 7.30. The first-order valence-corrected chi connectivity index (χ1v) is 9.38. The molecule has 0 bridgehead atoms. The van der Waals surface area contributed by atoms with Gasteiger partial charge < -0.3 is 5.73 Å². The topological polar surface area (TPSA) is 56.0 Å². The molecule has 0 fully saturated rings. The molecule has 0 aliphatic heterocycles. The van der Waals surface area contributed by atoms with Gasteiger partial charge in [0, 0.05) is 17.0 Å². The molecule has 0 saturated carbocycles. The van der Waals surface area contributed by atoms with E-state index in [9.17, 15) is 13.6 Å². The monoisotopic (exact) mass is 423 g/mol. The van der Waals surface area contributed by atoms with E-state index in [1.807, 2.05) is 36.4 Å². The van der Waals surface area contributed by atoms with Crippen LogP contribution in [0.3, 0.4) is 0 Å². The fourth-order valence-corrected chi connectivity index (χ4v) is 4.71. The number of nitrogens with zero attached hydrogens (tertiary/aromatic N) is 1. The van der Waals surface area contributed by atoms with Crippen LogP contribution in [-0.2, 0) is 0 Å². The summed E-state index contributed by atoms with van der Waals surface area (Å²) in [6.45, 7) is 1.56. The number of thiazole rings is 1. The Morgan fingerprint density at radius 2 is 1.72 bits per heavy atom. The predicted octanol–water partition coefficient (Wildman–Crippen LogP) is 6.10. The summed E-state index contributed by atoms with van der Waals surface area (Å²) in [4.78, 5) is 16.1. The molecule has 2 N–H and O–H groups in total. The summed E-state index contributed by atoms with van der Waals surface area (Å²) in [6.07, 6.45) is -2.78. The van der Waals surface area contributed by atoms with Crippen LogP contribution in [-0.4, -0.2) is 10.2 Å². The average Bonchev–Trinajstić information content (AvgIpc) is 2.93. The van der Waals surface area contributed by atoms with Crippen molar-refractivity contribution in [3.05, 3.63) is 63.7 Å². The highest BCUT2D eigenvalue weighted by Gasteiger charge is 2.36. The Kier molecular flexibility index (Phi) is 4.96. The van der Waals surface area contributed by atoms with E-state index >= 15 is 0 Å². The van der Waals surface area contributed by atoms with Crippen LogP contribution in [0.15, 0.2) is 53.0 Å². The molecule has 0 aliphatic carbocycles. The molecule has 1 unspecified atom stereocenters. The molecule has 128 valence electrons. The Hall–Kier alpha value is -2.12. The van der Waals surface area contributed by atoms with Gasteiger partial charge in [0.1, 0.15) is 10.5 Å². The zero-order valence-electron chi connectivity index (χ0n) is 13.2. The molecule has 0 radical (unpaired) electrons. The molecule has 1 atom stereocenters. The lowest BCUT2D eigenvalue weighted by molar-refractivity contribution is 0.147. The number of nitrogens with two attached hydrogens (primary N) is 1. The van der Waals surface area contributed by atoms with Crippen molar-refractivity contribution in [1.29, 1.82) is 0 Å². The van der Waals surface area contributed by atoms with E-state index in [4.69, 9.17) is 5.73 Å². The summed E-state index contributed by atoms with van der Waals surface area (Å²) in [6, 6.07) is 14.7. The van der Waals surface area contributed by atoms with Gasteiger partial charge in [0.05, 0.1) is 0 Å². The number of hydrogen-bond acceptors (Lipinski definition) is 2. The number of alkyl halides is 2. The average molecular weight is 424 g/mol. The van der Waals surface area contributed by atoms with Gasteiger partial charge in [-0.15, -0.1) is 0 Å². The molecule has 1 amide bonds. The molecule has 3 nitrogen and oxygen atoms in total. The van der Waals surface area contributed by atoms with Crippen molar-refractivity contribution in [1.82, 2.24) is 4.98 Å². The molecule has 2 aromatic carbocycles. The van der Waals surface area contributed by atoms with Crippen molar-refractivity contribution in [3.8, 4) is 21.6 Å². The van der Waals surface area contributed by atoms with Crippen LogP contribution in [0.25, 0.3) is 21.6 Å². The van der Waals surface area contributed by atoms with Gasteiger partial charge in [0.25, 0.3) is 11.4 Å². The first-order valence-electron chi connectivity index (χ1n) is 7.37. The number of rotatable bonds is 4. The van der Waals surface area contributed by atoms with Crippen molar-refractivity contribution in [2.45, 2.75) is 13.3 Å². The molecule has 0 spiro atoms. The molecule has 0 saturated heterocycles. The van der Waals surface area contributed by atoms with Gasteiger partial charge in [0.2, 0.25) is 4.88 Å². The third kappa shape index (κ3) is 3.34. The Morgan fingerprint density at radius 3 is 2.28 bits per heavy atom. The van der Waals surface area contributed by atoms with Crippen LogP contribution >= 0.6 is 26.4 Å². The molecular formula is C18H14BrF2N2OS+. The van der Waals surface area contributed by atoms with Crippen LogP contribution in [0.5, 0.6) is 0 Å². The van der Waals surface area contributed by atoms with Crippen molar-refractivity contribution >= 4 is 31.6 Å². The zero-order chi connectivity index (χ0) is 18.1. The molecule has 3 aromatic rings. The lowest BCUT2D eigenvalue weighted by Gasteiger charge is -2.08. The third-order valence-electron chi connectivity index (χ3n) is 3.74. The minimum absolute atomic E-state index is 0.221. The third-order valence-corrected chi connectivity index (χ3v) is 6.20. The fraction of sp³-hybridized carbons (Fsp3) is 0.111. The minimum Gasteiger partial charge on any atom is -0.320 e. The zero-order valence-corrected chi connectivity index (χ0v) is 15.6. The number of aromatic nitrogens is 1. The Morgan fingerprint density at radius 1 is 1.12 bits per heavy atom. The molecule has 0 aliphatic rings.